The maximum absolute atomic E-state index is 12.8. The van der Waals surface area contributed by atoms with Crippen LogP contribution in [-0.2, 0) is 4.79 Å². The second kappa shape index (κ2) is 7.58. The van der Waals surface area contributed by atoms with Crippen LogP contribution < -0.4 is 0 Å². The van der Waals surface area contributed by atoms with Gasteiger partial charge in [-0.15, -0.1) is 0 Å². The Labute approximate surface area is 216 Å². The molecule has 0 unspecified atom stereocenters. The number of carboxylic acid groups (broad SMARTS) is 1. The number of allylic oxidation sites excluding steroid dienone is 1. The van der Waals surface area contributed by atoms with Crippen LogP contribution in [-0.4, -0.2) is 55.4 Å². The van der Waals surface area contributed by atoms with Gasteiger partial charge in [-0.3, -0.25) is 4.79 Å². The van der Waals surface area contributed by atoms with Gasteiger partial charge in [0.05, 0.1) is 23.2 Å². The fraction of sp³-hybridized carbons (Fsp3) is 0.900. The number of carboxylic acids is 1. The fourth-order valence-corrected chi connectivity index (χ4v) is 10.9. The first-order valence-corrected chi connectivity index (χ1v) is 14.1. The third-order valence-electron chi connectivity index (χ3n) is 13.6. The number of aliphatic carboxylic acids is 1. The van der Waals surface area contributed by atoms with E-state index in [1.807, 2.05) is 27.7 Å². The molecule has 6 nitrogen and oxygen atoms in total. The van der Waals surface area contributed by atoms with Gasteiger partial charge in [-0.2, -0.15) is 0 Å². The van der Waals surface area contributed by atoms with Crippen LogP contribution in [0.1, 0.15) is 93.4 Å². The molecule has 0 saturated heterocycles. The van der Waals surface area contributed by atoms with Crippen LogP contribution in [0.4, 0.5) is 0 Å². The lowest BCUT2D eigenvalue weighted by Crippen LogP contribution is -2.72. The van der Waals surface area contributed by atoms with Gasteiger partial charge in [0.2, 0.25) is 0 Å². The van der Waals surface area contributed by atoms with Gasteiger partial charge in [0.15, 0.2) is 0 Å². The van der Waals surface area contributed by atoms with Crippen molar-refractivity contribution in [3.05, 3.63) is 11.6 Å². The van der Waals surface area contributed by atoms with Gasteiger partial charge in [0, 0.05) is 11.3 Å². The Balaban J connectivity index is 1.67. The number of aliphatic hydroxyl groups is 4. The van der Waals surface area contributed by atoms with Crippen molar-refractivity contribution in [1.82, 2.24) is 0 Å². The Morgan fingerprint density at radius 1 is 0.889 bits per heavy atom. The average molecular weight is 505 g/mol. The van der Waals surface area contributed by atoms with Crippen molar-refractivity contribution in [2.24, 2.45) is 50.7 Å². The van der Waals surface area contributed by atoms with E-state index >= 15 is 0 Å². The second-order valence-corrected chi connectivity index (χ2v) is 14.9. The summed E-state index contributed by atoms with van der Waals surface area (Å²) >= 11 is 0. The van der Waals surface area contributed by atoms with Crippen LogP contribution in [0.15, 0.2) is 11.6 Å². The van der Waals surface area contributed by atoms with Gasteiger partial charge in [-0.1, -0.05) is 53.2 Å². The van der Waals surface area contributed by atoms with E-state index in [0.717, 1.165) is 24.8 Å². The normalized spacial score (nSPS) is 58.0. The summed E-state index contributed by atoms with van der Waals surface area (Å²) in [6.45, 7) is 14.7. The predicted molar refractivity (Wildman–Crippen MR) is 137 cm³/mol. The molecule has 0 amide bonds. The molecule has 5 aliphatic rings. The summed E-state index contributed by atoms with van der Waals surface area (Å²) < 4.78 is 0. The maximum Gasteiger partial charge on any atom is 0.310 e. The highest BCUT2D eigenvalue weighted by Crippen LogP contribution is 2.76. The molecule has 5 N–H and O–H groups in total. The van der Waals surface area contributed by atoms with Crippen molar-refractivity contribution in [2.45, 2.75) is 117 Å². The average Bonchev–Trinajstić information content (AvgIpc) is 2.79. The molecule has 36 heavy (non-hydrogen) atoms. The van der Waals surface area contributed by atoms with E-state index in [1.54, 1.807) is 0 Å². The van der Waals surface area contributed by atoms with Gasteiger partial charge in [0.1, 0.15) is 6.10 Å². The third-order valence-corrected chi connectivity index (χ3v) is 13.6. The van der Waals surface area contributed by atoms with E-state index in [2.05, 4.69) is 26.8 Å². The van der Waals surface area contributed by atoms with E-state index in [9.17, 15) is 30.3 Å². The van der Waals surface area contributed by atoms with Crippen molar-refractivity contribution in [3.8, 4) is 0 Å². The molecule has 0 aromatic heterocycles. The minimum atomic E-state index is -1.20. The summed E-state index contributed by atoms with van der Waals surface area (Å²) in [6.07, 6.45) is 4.02. The monoisotopic (exact) mass is 504 g/mol. The molecule has 0 aliphatic heterocycles. The molecule has 0 aromatic carbocycles. The maximum atomic E-state index is 12.8. The molecule has 0 bridgehead atoms. The van der Waals surface area contributed by atoms with Crippen LogP contribution in [0.3, 0.4) is 0 Å². The first-order valence-electron chi connectivity index (χ1n) is 14.1. The summed E-state index contributed by atoms with van der Waals surface area (Å²) in [4.78, 5) is 12.8. The molecule has 6 heteroatoms. The molecule has 4 fully saturated rings. The largest absolute Gasteiger partial charge is 0.481 e. The molecule has 4 saturated carbocycles. The Hall–Kier alpha value is -0.950. The van der Waals surface area contributed by atoms with Gasteiger partial charge < -0.3 is 25.5 Å². The lowest BCUT2D eigenvalue weighted by molar-refractivity contribution is -0.279. The number of aliphatic hydroxyl groups excluding tert-OH is 3. The summed E-state index contributed by atoms with van der Waals surface area (Å²) in [6, 6.07) is 0. The molecular weight excluding hydrogens is 456 g/mol. The van der Waals surface area contributed by atoms with E-state index in [4.69, 9.17) is 0 Å². The summed E-state index contributed by atoms with van der Waals surface area (Å²) in [5.41, 5.74) is -2.63. The molecular formula is C30H48O6. The number of hydrogen-bond acceptors (Lipinski definition) is 5. The second-order valence-electron chi connectivity index (χ2n) is 14.9. The smallest absolute Gasteiger partial charge is 0.310 e. The number of rotatable bonds is 1. The van der Waals surface area contributed by atoms with E-state index in [-0.39, 0.29) is 28.6 Å². The van der Waals surface area contributed by atoms with Gasteiger partial charge in [0.25, 0.3) is 0 Å². The summed E-state index contributed by atoms with van der Waals surface area (Å²) in [5, 5.41) is 55.9. The van der Waals surface area contributed by atoms with E-state index in [0.29, 0.717) is 25.7 Å². The van der Waals surface area contributed by atoms with E-state index < -0.39 is 52.0 Å². The molecule has 12 atom stereocenters. The Morgan fingerprint density at radius 2 is 1.53 bits per heavy atom. The van der Waals surface area contributed by atoms with Crippen LogP contribution in [0.25, 0.3) is 0 Å². The number of fused-ring (bicyclic) bond motifs is 7. The molecule has 5 rings (SSSR count). The third kappa shape index (κ3) is 2.80. The zero-order chi connectivity index (χ0) is 26.9. The standard InChI is InChI=1S/C30H48O6/c1-16-10-13-30(24(34)35)15-14-26(4)17(21(30)29(16,7)36)8-9-19-27(26,5)12-11-18-25(2,3)22(32)20(31)23(33)28(18,19)6/h8,16,18-23,31-33,36H,9-15H2,1-7H3,(H,34,35)/t16-,18+,19+,20-,21+,22+,23+,26-,27-,28+,29-,30+/m1/s1. The van der Waals surface area contributed by atoms with Crippen molar-refractivity contribution < 1.29 is 30.3 Å². The van der Waals surface area contributed by atoms with Crippen molar-refractivity contribution in [1.29, 1.82) is 0 Å². The molecule has 0 radical (unpaired) electrons. The van der Waals surface area contributed by atoms with Crippen LogP contribution in [0.2, 0.25) is 0 Å². The van der Waals surface area contributed by atoms with Crippen LogP contribution in [0.5, 0.6) is 0 Å². The Morgan fingerprint density at radius 3 is 2.14 bits per heavy atom. The SMILES string of the molecule is C[C@@H]1CC[C@]2(C(=O)O)CC[C@]3(C)C(=CC[C@@H]4[C@@]5(C)[C@@H](O)[C@H](O)[C@H](O)C(C)(C)[C@@H]5CC[C@]43C)[C@H]2[C@]1(C)O. The van der Waals surface area contributed by atoms with Crippen LogP contribution >= 0.6 is 0 Å². The fourth-order valence-electron chi connectivity index (χ4n) is 10.9. The summed E-state index contributed by atoms with van der Waals surface area (Å²) in [5.74, 6) is -1.10. The quantitative estimate of drug-likeness (QED) is 0.343. The topological polar surface area (TPSA) is 118 Å². The minimum Gasteiger partial charge on any atom is -0.481 e. The van der Waals surface area contributed by atoms with Gasteiger partial charge >= 0.3 is 5.97 Å². The minimum absolute atomic E-state index is 0.00890. The van der Waals surface area contributed by atoms with Crippen LogP contribution in [0, 0.1) is 50.7 Å². The Kier molecular flexibility index (Phi) is 5.61. The van der Waals surface area contributed by atoms with E-state index in [1.165, 1.54) is 0 Å². The summed E-state index contributed by atoms with van der Waals surface area (Å²) in [7, 11) is 0. The first kappa shape index (κ1) is 26.6. The molecule has 0 heterocycles. The van der Waals surface area contributed by atoms with Crippen molar-refractivity contribution in [3.63, 3.8) is 0 Å². The Bertz CT molecular complexity index is 986. The molecule has 5 aliphatic carbocycles. The number of carbonyl (C=O) groups is 1. The highest BCUT2D eigenvalue weighted by molar-refractivity contribution is 5.77. The highest BCUT2D eigenvalue weighted by Gasteiger charge is 2.73. The van der Waals surface area contributed by atoms with Crippen molar-refractivity contribution in [2.75, 3.05) is 0 Å². The number of hydrogen-bond donors (Lipinski definition) is 5. The van der Waals surface area contributed by atoms with Gasteiger partial charge in [-0.05, 0) is 85.9 Å². The first-order chi connectivity index (χ1) is 16.4. The molecule has 204 valence electrons. The zero-order valence-corrected chi connectivity index (χ0v) is 23.2. The molecule has 0 spiro atoms. The van der Waals surface area contributed by atoms with Crippen molar-refractivity contribution >= 4 is 5.97 Å². The lowest BCUT2D eigenvalue weighted by Gasteiger charge is -2.72. The molecule has 0 aromatic rings. The lowest BCUT2D eigenvalue weighted by atomic mass is 9.32. The van der Waals surface area contributed by atoms with Gasteiger partial charge in [-0.25, -0.2) is 0 Å². The predicted octanol–water partition coefficient (Wildman–Crippen LogP) is 4.15. The highest BCUT2D eigenvalue weighted by atomic mass is 16.4. The zero-order valence-electron chi connectivity index (χ0n) is 23.2.